The summed E-state index contributed by atoms with van der Waals surface area (Å²) in [5.74, 6) is 0.819. The standard InChI is InChI=1S/C17H20N8O/c1-23(10-13-7-8-24(11-13)14-5-3-2-4-6-14)17(26)15-9-18-20-16(15)25-12-19-21-22-25/h2-6,9,12-13H,7-8,10-11H2,1H3,(H,18,20)/t13-/m0/s1. The van der Waals surface area contributed by atoms with Crippen molar-refractivity contribution in [2.24, 2.45) is 5.92 Å². The van der Waals surface area contributed by atoms with Crippen LogP contribution in [0.4, 0.5) is 5.69 Å². The molecule has 1 atom stereocenters. The molecule has 1 saturated heterocycles. The Kier molecular flexibility index (Phi) is 4.34. The maximum absolute atomic E-state index is 12.8. The van der Waals surface area contributed by atoms with E-state index in [2.05, 4.69) is 54.9 Å². The lowest BCUT2D eigenvalue weighted by Gasteiger charge is -2.22. The van der Waals surface area contributed by atoms with Crippen LogP contribution in [0.2, 0.25) is 0 Å². The summed E-state index contributed by atoms with van der Waals surface area (Å²) in [5, 5.41) is 17.8. The third kappa shape index (κ3) is 3.15. The molecule has 0 bridgehead atoms. The highest BCUT2D eigenvalue weighted by atomic mass is 16.2. The molecule has 1 aromatic carbocycles. The number of H-pyrrole nitrogens is 1. The highest BCUT2D eigenvalue weighted by Gasteiger charge is 2.27. The van der Waals surface area contributed by atoms with E-state index in [0.29, 0.717) is 23.8 Å². The van der Waals surface area contributed by atoms with Crippen LogP contribution >= 0.6 is 0 Å². The Morgan fingerprint density at radius 2 is 2.19 bits per heavy atom. The second-order valence-electron chi connectivity index (χ2n) is 6.51. The van der Waals surface area contributed by atoms with Gasteiger partial charge in [-0.1, -0.05) is 18.2 Å². The maximum atomic E-state index is 12.8. The number of nitrogens with one attached hydrogen (secondary N) is 1. The molecular weight excluding hydrogens is 332 g/mol. The fraction of sp³-hybridized carbons (Fsp3) is 0.353. The average Bonchev–Trinajstić information content (AvgIpc) is 3.42. The van der Waals surface area contributed by atoms with Crippen LogP contribution in [0.3, 0.4) is 0 Å². The molecule has 0 saturated carbocycles. The number of aromatic nitrogens is 6. The first-order valence-electron chi connectivity index (χ1n) is 8.54. The fourth-order valence-corrected chi connectivity index (χ4v) is 3.41. The average molecular weight is 352 g/mol. The van der Waals surface area contributed by atoms with Gasteiger partial charge in [0.25, 0.3) is 5.91 Å². The first-order chi connectivity index (χ1) is 12.7. The quantitative estimate of drug-likeness (QED) is 0.735. The number of anilines is 1. The third-order valence-corrected chi connectivity index (χ3v) is 4.71. The van der Waals surface area contributed by atoms with E-state index in [0.717, 1.165) is 19.5 Å². The fourth-order valence-electron chi connectivity index (χ4n) is 3.41. The number of carbonyl (C=O) groups is 1. The highest BCUT2D eigenvalue weighted by Crippen LogP contribution is 2.24. The minimum absolute atomic E-state index is 0.0950. The number of benzene rings is 1. The monoisotopic (exact) mass is 352 g/mol. The van der Waals surface area contributed by atoms with Crippen molar-refractivity contribution < 1.29 is 4.79 Å². The topological polar surface area (TPSA) is 95.8 Å². The van der Waals surface area contributed by atoms with Crippen molar-refractivity contribution in [3.63, 3.8) is 0 Å². The van der Waals surface area contributed by atoms with Gasteiger partial charge in [-0.3, -0.25) is 9.89 Å². The molecule has 0 unspecified atom stereocenters. The van der Waals surface area contributed by atoms with Gasteiger partial charge in [0.05, 0.1) is 6.20 Å². The largest absolute Gasteiger partial charge is 0.371 e. The molecule has 1 amide bonds. The van der Waals surface area contributed by atoms with E-state index < -0.39 is 0 Å². The molecular formula is C17H20N8O. The lowest BCUT2D eigenvalue weighted by atomic mass is 10.1. The van der Waals surface area contributed by atoms with Gasteiger partial charge in [-0.2, -0.15) is 9.78 Å². The van der Waals surface area contributed by atoms with Crippen LogP contribution in [0.1, 0.15) is 16.8 Å². The van der Waals surface area contributed by atoms with Crippen LogP contribution in [0, 0.1) is 5.92 Å². The lowest BCUT2D eigenvalue weighted by molar-refractivity contribution is 0.0776. The summed E-state index contributed by atoms with van der Waals surface area (Å²) in [6, 6.07) is 10.4. The number of rotatable bonds is 5. The third-order valence-electron chi connectivity index (χ3n) is 4.71. The van der Waals surface area contributed by atoms with Gasteiger partial charge in [0.15, 0.2) is 5.82 Å². The molecule has 1 aliphatic rings. The molecule has 1 fully saturated rings. The molecule has 1 N–H and O–H groups in total. The zero-order chi connectivity index (χ0) is 17.9. The van der Waals surface area contributed by atoms with E-state index in [4.69, 9.17) is 0 Å². The van der Waals surface area contributed by atoms with Crippen LogP contribution in [0.15, 0.2) is 42.9 Å². The molecule has 26 heavy (non-hydrogen) atoms. The van der Waals surface area contributed by atoms with Crippen LogP contribution in [0.5, 0.6) is 0 Å². The highest BCUT2D eigenvalue weighted by molar-refractivity contribution is 5.96. The van der Waals surface area contributed by atoms with Gasteiger partial charge in [0, 0.05) is 32.4 Å². The molecule has 3 heterocycles. The van der Waals surface area contributed by atoms with Gasteiger partial charge in [-0.15, -0.1) is 5.10 Å². The number of para-hydroxylation sites is 1. The van der Waals surface area contributed by atoms with Crippen molar-refractivity contribution in [1.29, 1.82) is 0 Å². The number of hydrogen-bond acceptors (Lipinski definition) is 6. The maximum Gasteiger partial charge on any atom is 0.259 e. The van der Waals surface area contributed by atoms with Gasteiger partial charge in [-0.05, 0) is 34.9 Å². The zero-order valence-corrected chi connectivity index (χ0v) is 14.5. The molecule has 4 rings (SSSR count). The van der Waals surface area contributed by atoms with E-state index in [-0.39, 0.29) is 5.91 Å². The molecule has 9 nitrogen and oxygen atoms in total. The van der Waals surface area contributed by atoms with Gasteiger partial charge < -0.3 is 9.80 Å². The molecule has 0 spiro atoms. The van der Waals surface area contributed by atoms with E-state index >= 15 is 0 Å². The molecule has 0 aliphatic carbocycles. The molecule has 1 aliphatic heterocycles. The van der Waals surface area contributed by atoms with Gasteiger partial charge in [-0.25, -0.2) is 0 Å². The summed E-state index contributed by atoms with van der Waals surface area (Å²) in [4.78, 5) is 16.9. The first kappa shape index (κ1) is 16.2. The van der Waals surface area contributed by atoms with Crippen molar-refractivity contribution >= 4 is 11.6 Å². The Morgan fingerprint density at radius 1 is 1.35 bits per heavy atom. The molecule has 3 aromatic rings. The van der Waals surface area contributed by atoms with Crippen LogP contribution in [-0.4, -0.2) is 67.9 Å². The van der Waals surface area contributed by atoms with Crippen LogP contribution < -0.4 is 4.90 Å². The lowest BCUT2D eigenvalue weighted by Crippen LogP contribution is -2.33. The van der Waals surface area contributed by atoms with Crippen molar-refractivity contribution in [2.45, 2.75) is 6.42 Å². The smallest absolute Gasteiger partial charge is 0.259 e. The predicted molar refractivity (Wildman–Crippen MR) is 95.0 cm³/mol. The Labute approximate surface area is 150 Å². The molecule has 9 heteroatoms. The number of amides is 1. The van der Waals surface area contributed by atoms with Crippen molar-refractivity contribution in [3.8, 4) is 5.82 Å². The summed E-state index contributed by atoms with van der Waals surface area (Å²) in [7, 11) is 1.82. The summed E-state index contributed by atoms with van der Waals surface area (Å²) < 4.78 is 1.40. The second-order valence-corrected chi connectivity index (χ2v) is 6.51. The zero-order valence-electron chi connectivity index (χ0n) is 14.5. The normalized spacial score (nSPS) is 16.8. The Morgan fingerprint density at radius 3 is 2.96 bits per heavy atom. The minimum Gasteiger partial charge on any atom is -0.371 e. The Balaban J connectivity index is 1.41. The first-order valence-corrected chi connectivity index (χ1v) is 8.54. The van der Waals surface area contributed by atoms with Crippen LogP contribution in [0.25, 0.3) is 5.82 Å². The van der Waals surface area contributed by atoms with E-state index in [1.165, 1.54) is 22.9 Å². The summed E-state index contributed by atoms with van der Waals surface area (Å²) >= 11 is 0. The molecule has 2 aromatic heterocycles. The van der Waals surface area contributed by atoms with E-state index in [9.17, 15) is 4.79 Å². The summed E-state index contributed by atoms with van der Waals surface area (Å²) in [6.07, 6.45) is 4.01. The van der Waals surface area contributed by atoms with Gasteiger partial charge in [0.1, 0.15) is 11.9 Å². The Hall–Kier alpha value is -3.23. The summed E-state index contributed by atoms with van der Waals surface area (Å²) in [5.41, 5.74) is 1.69. The number of aromatic amines is 1. The minimum atomic E-state index is -0.0950. The predicted octanol–water partition coefficient (Wildman–Crippen LogP) is 0.984. The SMILES string of the molecule is CN(C[C@@H]1CCN(c2ccccc2)C1)C(=O)c1cn[nH]c1-n1cnnn1. The number of nitrogens with zero attached hydrogens (tertiary/aromatic N) is 7. The number of tetrazole rings is 1. The van der Waals surface area contributed by atoms with E-state index in [1.807, 2.05) is 13.1 Å². The van der Waals surface area contributed by atoms with Crippen molar-refractivity contribution in [1.82, 2.24) is 35.3 Å². The van der Waals surface area contributed by atoms with Crippen LogP contribution in [-0.2, 0) is 0 Å². The number of hydrogen-bond donors (Lipinski definition) is 1. The number of carbonyl (C=O) groups excluding carboxylic acids is 1. The van der Waals surface area contributed by atoms with E-state index in [1.54, 1.807) is 4.90 Å². The Bertz CT molecular complexity index is 860. The summed E-state index contributed by atoms with van der Waals surface area (Å²) in [6.45, 7) is 2.66. The van der Waals surface area contributed by atoms with Gasteiger partial charge >= 0.3 is 0 Å². The van der Waals surface area contributed by atoms with Crippen molar-refractivity contribution in [3.05, 3.63) is 48.4 Å². The van der Waals surface area contributed by atoms with Crippen molar-refractivity contribution in [2.75, 3.05) is 31.6 Å². The molecule has 0 radical (unpaired) electrons. The van der Waals surface area contributed by atoms with Gasteiger partial charge in [0.2, 0.25) is 0 Å². The second kappa shape index (κ2) is 6.95. The molecule has 134 valence electrons.